The Balaban J connectivity index is 1.90. The van der Waals surface area contributed by atoms with E-state index in [0.717, 1.165) is 0 Å². The minimum absolute atomic E-state index is 0.00646. The Morgan fingerprint density at radius 1 is 1.43 bits per heavy atom. The summed E-state index contributed by atoms with van der Waals surface area (Å²) >= 11 is 5.83. The maximum atomic E-state index is 12.3. The monoisotopic (exact) mass is 361 g/mol. The van der Waals surface area contributed by atoms with Gasteiger partial charge in [-0.3, -0.25) is 4.79 Å². The Morgan fingerprint density at radius 2 is 2.09 bits per heavy atom. The zero-order valence-corrected chi connectivity index (χ0v) is 14.6. The highest BCUT2D eigenvalue weighted by molar-refractivity contribution is 7.89. The van der Waals surface area contributed by atoms with Crippen LogP contribution in [0.15, 0.2) is 18.3 Å². The topological polar surface area (TPSA) is 88.6 Å². The van der Waals surface area contributed by atoms with E-state index < -0.39 is 15.9 Å². The lowest BCUT2D eigenvalue weighted by atomic mass is 10.3. The maximum absolute atomic E-state index is 12.3. The Hall–Kier alpha value is -1.22. The zero-order chi connectivity index (χ0) is 17.0. The second-order valence-corrected chi connectivity index (χ2v) is 7.93. The van der Waals surface area contributed by atoms with E-state index in [1.54, 1.807) is 6.07 Å². The molecule has 1 saturated heterocycles. The van der Waals surface area contributed by atoms with Gasteiger partial charge in [-0.25, -0.2) is 13.4 Å². The molecule has 9 heteroatoms. The summed E-state index contributed by atoms with van der Waals surface area (Å²) in [6.07, 6.45) is 1.19. The molecule has 7 nitrogen and oxygen atoms in total. The average molecular weight is 362 g/mol. The molecule has 2 rings (SSSR count). The third kappa shape index (κ3) is 4.87. The molecule has 128 valence electrons. The largest absolute Gasteiger partial charge is 0.373 e. The van der Waals surface area contributed by atoms with E-state index in [-0.39, 0.29) is 35.2 Å². The molecule has 1 amide bonds. The van der Waals surface area contributed by atoms with Gasteiger partial charge in [-0.2, -0.15) is 4.31 Å². The van der Waals surface area contributed by atoms with Crippen LogP contribution in [0.2, 0.25) is 5.15 Å². The molecule has 0 aromatic carbocycles. The first-order valence-corrected chi connectivity index (χ1v) is 9.30. The van der Waals surface area contributed by atoms with E-state index in [1.807, 2.05) is 13.8 Å². The number of morpholine rings is 1. The summed E-state index contributed by atoms with van der Waals surface area (Å²) in [6, 6.07) is 3.12. The summed E-state index contributed by atoms with van der Waals surface area (Å²) in [5.41, 5.74) is 0.222. The van der Waals surface area contributed by atoms with E-state index in [0.29, 0.717) is 13.1 Å². The fraction of sp³-hybridized carbons (Fsp3) is 0.571. The fourth-order valence-corrected chi connectivity index (χ4v) is 4.13. The second-order valence-electron chi connectivity index (χ2n) is 5.49. The maximum Gasteiger partial charge on any atom is 0.254 e. The van der Waals surface area contributed by atoms with Crippen LogP contribution in [0, 0.1) is 0 Å². The van der Waals surface area contributed by atoms with Crippen LogP contribution >= 0.6 is 11.6 Å². The predicted molar refractivity (Wildman–Crippen MR) is 86.9 cm³/mol. The number of nitrogens with zero attached hydrogens (tertiary/aromatic N) is 2. The number of carbonyl (C=O) groups excluding carboxylic acids is 1. The molecule has 23 heavy (non-hydrogen) atoms. The van der Waals surface area contributed by atoms with Gasteiger partial charge >= 0.3 is 0 Å². The van der Waals surface area contributed by atoms with Gasteiger partial charge < -0.3 is 10.1 Å². The van der Waals surface area contributed by atoms with Crippen LogP contribution in [0.5, 0.6) is 0 Å². The third-order valence-corrected chi connectivity index (χ3v) is 5.53. The molecule has 2 unspecified atom stereocenters. The van der Waals surface area contributed by atoms with Crippen molar-refractivity contribution in [3.8, 4) is 0 Å². The van der Waals surface area contributed by atoms with E-state index in [2.05, 4.69) is 10.3 Å². The van der Waals surface area contributed by atoms with Gasteiger partial charge in [0.2, 0.25) is 10.0 Å². The molecule has 1 fully saturated rings. The molecule has 2 heterocycles. The first-order chi connectivity index (χ1) is 10.8. The minimum atomic E-state index is -3.45. The number of halogens is 1. The van der Waals surface area contributed by atoms with E-state index in [1.165, 1.54) is 16.6 Å². The summed E-state index contributed by atoms with van der Waals surface area (Å²) < 4.78 is 31.6. The van der Waals surface area contributed by atoms with E-state index in [9.17, 15) is 13.2 Å². The number of pyridine rings is 1. The lowest BCUT2D eigenvalue weighted by molar-refractivity contribution is -0.0440. The van der Waals surface area contributed by atoms with Crippen molar-refractivity contribution >= 4 is 27.5 Å². The summed E-state index contributed by atoms with van der Waals surface area (Å²) in [4.78, 5) is 15.8. The van der Waals surface area contributed by atoms with Crippen molar-refractivity contribution in [1.82, 2.24) is 14.6 Å². The Labute approximate surface area is 141 Å². The van der Waals surface area contributed by atoms with Crippen LogP contribution in [0.25, 0.3) is 0 Å². The molecular weight excluding hydrogens is 342 g/mol. The molecule has 1 aliphatic heterocycles. The van der Waals surface area contributed by atoms with E-state index in [4.69, 9.17) is 16.3 Å². The molecule has 1 N–H and O–H groups in total. The predicted octanol–water partition coefficient (Wildman–Crippen LogP) is 0.904. The van der Waals surface area contributed by atoms with Crippen molar-refractivity contribution in [1.29, 1.82) is 0 Å². The normalized spacial score (nSPS) is 22.7. The van der Waals surface area contributed by atoms with Crippen LogP contribution in [-0.2, 0) is 14.8 Å². The van der Waals surface area contributed by atoms with Crippen molar-refractivity contribution in [2.45, 2.75) is 26.1 Å². The lowest BCUT2D eigenvalue weighted by Crippen LogP contribution is -2.49. The summed E-state index contributed by atoms with van der Waals surface area (Å²) in [5.74, 6) is -0.613. The molecular formula is C14H20ClN3O4S. The summed E-state index contributed by atoms with van der Waals surface area (Å²) in [7, 11) is -3.45. The van der Waals surface area contributed by atoms with Crippen molar-refractivity contribution in [3.63, 3.8) is 0 Å². The molecule has 0 bridgehead atoms. The van der Waals surface area contributed by atoms with Crippen LogP contribution in [0.3, 0.4) is 0 Å². The van der Waals surface area contributed by atoms with Crippen molar-refractivity contribution in [3.05, 3.63) is 29.0 Å². The molecule has 1 aromatic rings. The minimum Gasteiger partial charge on any atom is -0.373 e. The summed E-state index contributed by atoms with van der Waals surface area (Å²) in [6.45, 7) is 4.34. The van der Waals surface area contributed by atoms with E-state index >= 15 is 0 Å². The quantitative estimate of drug-likeness (QED) is 0.787. The lowest BCUT2D eigenvalue weighted by Gasteiger charge is -2.34. The molecule has 0 spiro atoms. The number of carbonyl (C=O) groups is 1. The SMILES string of the molecule is CC1CN(S(=O)(=O)CCNC(=O)c2cccnc2Cl)CC(C)O1. The average Bonchev–Trinajstić information content (AvgIpc) is 2.46. The highest BCUT2D eigenvalue weighted by Gasteiger charge is 2.30. The Kier molecular flexibility index (Phi) is 5.96. The number of rotatable bonds is 5. The molecule has 0 aliphatic carbocycles. The van der Waals surface area contributed by atoms with Crippen LogP contribution < -0.4 is 5.32 Å². The number of sulfonamides is 1. The Morgan fingerprint density at radius 3 is 2.70 bits per heavy atom. The van der Waals surface area contributed by atoms with Crippen molar-refractivity contribution in [2.75, 3.05) is 25.4 Å². The van der Waals surface area contributed by atoms with Gasteiger partial charge in [0.1, 0.15) is 5.15 Å². The first kappa shape index (κ1) is 18.1. The van der Waals surface area contributed by atoms with Gasteiger partial charge in [-0.15, -0.1) is 0 Å². The highest BCUT2D eigenvalue weighted by Crippen LogP contribution is 2.15. The number of hydrogen-bond donors (Lipinski definition) is 1. The van der Waals surface area contributed by atoms with Crippen molar-refractivity contribution in [2.24, 2.45) is 0 Å². The second kappa shape index (κ2) is 7.57. The highest BCUT2D eigenvalue weighted by atomic mass is 35.5. The number of amides is 1. The Bertz CT molecular complexity index is 658. The number of nitrogens with one attached hydrogen (secondary N) is 1. The van der Waals surface area contributed by atoms with Gasteiger partial charge in [0.05, 0.1) is 23.5 Å². The van der Waals surface area contributed by atoms with Gasteiger partial charge in [-0.05, 0) is 26.0 Å². The van der Waals surface area contributed by atoms with Gasteiger partial charge in [0, 0.05) is 25.8 Å². The molecule has 2 atom stereocenters. The van der Waals surface area contributed by atoms with Gasteiger partial charge in [-0.1, -0.05) is 11.6 Å². The van der Waals surface area contributed by atoms with Crippen molar-refractivity contribution < 1.29 is 17.9 Å². The van der Waals surface area contributed by atoms with Gasteiger partial charge in [0.25, 0.3) is 5.91 Å². The molecule has 1 aliphatic rings. The number of ether oxygens (including phenoxy) is 1. The van der Waals surface area contributed by atoms with Crippen LogP contribution in [-0.4, -0.2) is 61.2 Å². The van der Waals surface area contributed by atoms with Crippen LogP contribution in [0.4, 0.5) is 0 Å². The van der Waals surface area contributed by atoms with Gasteiger partial charge in [0.15, 0.2) is 0 Å². The molecule has 0 radical (unpaired) electrons. The molecule has 1 aromatic heterocycles. The fourth-order valence-electron chi connectivity index (χ4n) is 2.43. The summed E-state index contributed by atoms with van der Waals surface area (Å²) in [5, 5.41) is 2.64. The third-order valence-electron chi connectivity index (χ3n) is 3.43. The standard InChI is InChI=1S/C14H20ClN3O4S/c1-10-8-18(9-11(2)22-10)23(20,21)7-6-17-14(19)12-4-3-5-16-13(12)15/h3-5,10-11H,6-9H2,1-2H3,(H,17,19). The number of hydrogen-bond acceptors (Lipinski definition) is 5. The zero-order valence-electron chi connectivity index (χ0n) is 13.0. The molecule has 0 saturated carbocycles. The first-order valence-electron chi connectivity index (χ1n) is 7.31. The number of aromatic nitrogens is 1. The smallest absolute Gasteiger partial charge is 0.254 e. The van der Waals surface area contributed by atoms with Crippen LogP contribution in [0.1, 0.15) is 24.2 Å².